The van der Waals surface area contributed by atoms with Gasteiger partial charge in [0.1, 0.15) is 12.2 Å². The standard InChI is InChI=1S/C10H20N4O/c1-5-14-7-12-13-9(14)6-11-8(2)10(3,4)15/h7-8,11,15H,5-6H2,1-4H3. The highest BCUT2D eigenvalue weighted by molar-refractivity contribution is 4.88. The predicted molar refractivity (Wildman–Crippen MR) is 58.3 cm³/mol. The monoisotopic (exact) mass is 212 g/mol. The van der Waals surface area contributed by atoms with Crippen molar-refractivity contribution in [3.63, 3.8) is 0 Å². The molecule has 0 aliphatic rings. The van der Waals surface area contributed by atoms with Crippen LogP contribution in [0.5, 0.6) is 0 Å². The Morgan fingerprint density at radius 3 is 2.80 bits per heavy atom. The lowest BCUT2D eigenvalue weighted by Crippen LogP contribution is -2.44. The first-order valence-electron chi connectivity index (χ1n) is 5.27. The maximum atomic E-state index is 9.74. The summed E-state index contributed by atoms with van der Waals surface area (Å²) in [5.41, 5.74) is -0.725. The number of aliphatic hydroxyl groups is 1. The zero-order valence-electron chi connectivity index (χ0n) is 9.86. The van der Waals surface area contributed by atoms with Crippen LogP contribution < -0.4 is 5.32 Å². The molecule has 0 radical (unpaired) electrons. The smallest absolute Gasteiger partial charge is 0.146 e. The molecule has 1 rings (SSSR count). The molecule has 0 saturated heterocycles. The van der Waals surface area contributed by atoms with Crippen molar-refractivity contribution in [2.75, 3.05) is 0 Å². The first-order valence-corrected chi connectivity index (χ1v) is 5.27. The molecule has 0 saturated carbocycles. The molecule has 1 atom stereocenters. The maximum absolute atomic E-state index is 9.74. The summed E-state index contributed by atoms with van der Waals surface area (Å²) in [6, 6.07) is 0.0134. The molecule has 2 N–H and O–H groups in total. The Kier molecular flexibility index (Phi) is 3.82. The highest BCUT2D eigenvalue weighted by Gasteiger charge is 2.21. The average Bonchev–Trinajstić information content (AvgIpc) is 2.59. The van der Waals surface area contributed by atoms with Gasteiger partial charge in [0, 0.05) is 12.6 Å². The molecule has 86 valence electrons. The normalized spacial score (nSPS) is 14.2. The van der Waals surface area contributed by atoms with Gasteiger partial charge in [-0.2, -0.15) is 0 Å². The molecule has 0 bridgehead atoms. The molecule has 1 unspecified atom stereocenters. The Hall–Kier alpha value is -0.940. The van der Waals surface area contributed by atoms with Gasteiger partial charge in [-0.3, -0.25) is 0 Å². The summed E-state index contributed by atoms with van der Waals surface area (Å²) in [4.78, 5) is 0. The van der Waals surface area contributed by atoms with Gasteiger partial charge in [-0.1, -0.05) is 0 Å². The van der Waals surface area contributed by atoms with E-state index < -0.39 is 5.60 Å². The minimum Gasteiger partial charge on any atom is -0.389 e. The quantitative estimate of drug-likeness (QED) is 0.748. The van der Waals surface area contributed by atoms with Crippen LogP contribution >= 0.6 is 0 Å². The molecule has 0 amide bonds. The third-order valence-electron chi connectivity index (χ3n) is 2.66. The van der Waals surface area contributed by atoms with Crippen LogP contribution in [0.4, 0.5) is 0 Å². The van der Waals surface area contributed by atoms with Gasteiger partial charge in [0.2, 0.25) is 0 Å². The minimum atomic E-state index is -0.725. The van der Waals surface area contributed by atoms with Crippen molar-refractivity contribution >= 4 is 0 Å². The number of hydrogen-bond acceptors (Lipinski definition) is 4. The van der Waals surface area contributed by atoms with Crippen molar-refractivity contribution in [1.29, 1.82) is 0 Å². The summed E-state index contributed by atoms with van der Waals surface area (Å²) >= 11 is 0. The SMILES string of the molecule is CCn1cnnc1CNC(C)C(C)(C)O. The van der Waals surface area contributed by atoms with E-state index in [9.17, 15) is 5.11 Å². The zero-order valence-corrected chi connectivity index (χ0v) is 9.86. The lowest BCUT2D eigenvalue weighted by atomic mass is 10.0. The Morgan fingerprint density at radius 2 is 2.27 bits per heavy atom. The van der Waals surface area contributed by atoms with Gasteiger partial charge in [-0.25, -0.2) is 0 Å². The molecule has 0 aliphatic carbocycles. The Bertz CT molecular complexity index is 303. The molecule has 5 heteroatoms. The fourth-order valence-electron chi connectivity index (χ4n) is 1.17. The van der Waals surface area contributed by atoms with Crippen LogP contribution in [0.1, 0.15) is 33.5 Å². The van der Waals surface area contributed by atoms with E-state index >= 15 is 0 Å². The van der Waals surface area contributed by atoms with Gasteiger partial charge >= 0.3 is 0 Å². The molecule has 0 spiro atoms. The van der Waals surface area contributed by atoms with E-state index in [0.29, 0.717) is 6.54 Å². The van der Waals surface area contributed by atoms with Crippen molar-refractivity contribution in [3.05, 3.63) is 12.2 Å². The first-order chi connectivity index (χ1) is 6.95. The largest absolute Gasteiger partial charge is 0.389 e. The second-order valence-corrected chi connectivity index (χ2v) is 4.29. The fourth-order valence-corrected chi connectivity index (χ4v) is 1.17. The third kappa shape index (κ3) is 3.28. The molecular formula is C10H20N4O. The second-order valence-electron chi connectivity index (χ2n) is 4.29. The lowest BCUT2D eigenvalue weighted by molar-refractivity contribution is 0.0434. The van der Waals surface area contributed by atoms with E-state index in [1.807, 2.05) is 18.4 Å². The Labute approximate surface area is 90.5 Å². The van der Waals surface area contributed by atoms with Gasteiger partial charge in [0.15, 0.2) is 0 Å². The topological polar surface area (TPSA) is 63.0 Å². The van der Waals surface area contributed by atoms with Crippen molar-refractivity contribution in [1.82, 2.24) is 20.1 Å². The van der Waals surface area contributed by atoms with Crippen LogP contribution in [-0.2, 0) is 13.1 Å². The third-order valence-corrected chi connectivity index (χ3v) is 2.66. The van der Waals surface area contributed by atoms with Crippen LogP contribution in [0.15, 0.2) is 6.33 Å². The number of aromatic nitrogens is 3. The summed E-state index contributed by atoms with van der Waals surface area (Å²) < 4.78 is 1.98. The van der Waals surface area contributed by atoms with Gasteiger partial charge in [0.25, 0.3) is 0 Å². The number of nitrogens with one attached hydrogen (secondary N) is 1. The molecule has 1 aromatic rings. The van der Waals surface area contributed by atoms with Crippen LogP contribution in [0.3, 0.4) is 0 Å². The summed E-state index contributed by atoms with van der Waals surface area (Å²) in [5.74, 6) is 0.897. The summed E-state index contributed by atoms with van der Waals surface area (Å²) in [7, 11) is 0. The number of nitrogens with zero attached hydrogens (tertiary/aromatic N) is 3. The highest BCUT2D eigenvalue weighted by atomic mass is 16.3. The van der Waals surface area contributed by atoms with E-state index in [0.717, 1.165) is 12.4 Å². The molecule has 1 heterocycles. The van der Waals surface area contributed by atoms with Crippen molar-refractivity contribution in [2.45, 2.75) is 52.4 Å². The molecular weight excluding hydrogens is 192 g/mol. The van der Waals surface area contributed by atoms with E-state index in [1.54, 1.807) is 20.2 Å². The fraction of sp³-hybridized carbons (Fsp3) is 0.800. The Morgan fingerprint density at radius 1 is 1.60 bits per heavy atom. The number of rotatable bonds is 5. The van der Waals surface area contributed by atoms with Crippen LogP contribution in [0.25, 0.3) is 0 Å². The number of hydrogen-bond donors (Lipinski definition) is 2. The summed E-state index contributed by atoms with van der Waals surface area (Å²) in [6.45, 7) is 9.06. The Balaban J connectivity index is 2.50. The van der Waals surface area contributed by atoms with Crippen LogP contribution in [-0.4, -0.2) is 31.5 Å². The molecule has 15 heavy (non-hydrogen) atoms. The zero-order chi connectivity index (χ0) is 11.5. The molecule has 0 aliphatic heterocycles. The van der Waals surface area contributed by atoms with E-state index in [4.69, 9.17) is 0 Å². The van der Waals surface area contributed by atoms with Gasteiger partial charge < -0.3 is 15.0 Å². The van der Waals surface area contributed by atoms with Crippen LogP contribution in [0, 0.1) is 0 Å². The van der Waals surface area contributed by atoms with Gasteiger partial charge in [0.05, 0.1) is 12.1 Å². The second kappa shape index (κ2) is 4.72. The van der Waals surface area contributed by atoms with Gasteiger partial charge in [-0.05, 0) is 27.7 Å². The predicted octanol–water partition coefficient (Wildman–Crippen LogP) is 0.547. The van der Waals surface area contributed by atoms with Crippen LogP contribution in [0.2, 0.25) is 0 Å². The molecule has 5 nitrogen and oxygen atoms in total. The summed E-state index contributed by atoms with van der Waals surface area (Å²) in [5, 5.41) is 20.8. The van der Waals surface area contributed by atoms with E-state index in [2.05, 4.69) is 15.5 Å². The van der Waals surface area contributed by atoms with Crippen molar-refractivity contribution < 1.29 is 5.11 Å². The van der Waals surface area contributed by atoms with Crippen molar-refractivity contribution in [3.8, 4) is 0 Å². The minimum absolute atomic E-state index is 0.0134. The lowest BCUT2D eigenvalue weighted by Gasteiger charge is -2.26. The van der Waals surface area contributed by atoms with Gasteiger partial charge in [-0.15, -0.1) is 10.2 Å². The average molecular weight is 212 g/mol. The maximum Gasteiger partial charge on any atom is 0.146 e. The van der Waals surface area contributed by atoms with E-state index in [1.165, 1.54) is 0 Å². The highest BCUT2D eigenvalue weighted by Crippen LogP contribution is 2.08. The molecule has 0 aromatic carbocycles. The van der Waals surface area contributed by atoms with E-state index in [-0.39, 0.29) is 6.04 Å². The summed E-state index contributed by atoms with van der Waals surface area (Å²) in [6.07, 6.45) is 1.71. The number of aryl methyl sites for hydroxylation is 1. The van der Waals surface area contributed by atoms with Crippen molar-refractivity contribution in [2.24, 2.45) is 0 Å². The molecule has 1 aromatic heterocycles. The first kappa shape index (κ1) is 12.1. The molecule has 0 fully saturated rings.